The molecule has 2 rings (SSSR count). The molecule has 1 aromatic rings. The van der Waals surface area contributed by atoms with E-state index in [9.17, 15) is 4.79 Å². The lowest BCUT2D eigenvalue weighted by molar-refractivity contribution is 0.0999. The molecule has 1 aromatic carbocycles. The fourth-order valence-corrected chi connectivity index (χ4v) is 3.51. The summed E-state index contributed by atoms with van der Waals surface area (Å²) in [6.45, 7) is 3.10. The van der Waals surface area contributed by atoms with Crippen LogP contribution in [0.2, 0.25) is 0 Å². The second kappa shape index (κ2) is 6.59. The van der Waals surface area contributed by atoms with E-state index in [-0.39, 0.29) is 0 Å². The van der Waals surface area contributed by atoms with Crippen LogP contribution in [0.25, 0.3) is 0 Å². The topological polar surface area (TPSA) is 72.3 Å². The highest BCUT2D eigenvalue weighted by molar-refractivity contribution is 9.10. The minimum Gasteiger partial charge on any atom is -0.369 e. The van der Waals surface area contributed by atoms with Crippen molar-refractivity contribution in [1.82, 2.24) is 0 Å². The molecule has 0 aromatic heterocycles. The smallest absolute Gasteiger partial charge is 0.249 e. The molecule has 0 spiro atoms. The average molecular weight is 340 g/mol. The van der Waals surface area contributed by atoms with Crippen LogP contribution in [0, 0.1) is 0 Å². The van der Waals surface area contributed by atoms with E-state index < -0.39 is 5.91 Å². The molecule has 1 saturated carbocycles. The largest absolute Gasteiger partial charge is 0.369 e. The number of hydrogen-bond donors (Lipinski definition) is 2. The van der Waals surface area contributed by atoms with Gasteiger partial charge in [0.15, 0.2) is 0 Å². The van der Waals surface area contributed by atoms with E-state index >= 15 is 0 Å². The second-order valence-corrected chi connectivity index (χ2v) is 6.24. The van der Waals surface area contributed by atoms with Gasteiger partial charge in [-0.2, -0.15) is 0 Å². The summed E-state index contributed by atoms with van der Waals surface area (Å²) in [6.07, 6.45) is 4.43. The van der Waals surface area contributed by atoms with Crippen molar-refractivity contribution < 1.29 is 4.79 Å². The van der Waals surface area contributed by atoms with Crippen LogP contribution in [0.15, 0.2) is 22.7 Å². The van der Waals surface area contributed by atoms with Gasteiger partial charge in [0.2, 0.25) is 5.91 Å². The van der Waals surface area contributed by atoms with Crippen LogP contribution in [0.1, 0.15) is 43.0 Å². The molecular weight excluding hydrogens is 318 g/mol. The van der Waals surface area contributed by atoms with Gasteiger partial charge in [0.05, 0.1) is 5.56 Å². The number of amides is 1. The van der Waals surface area contributed by atoms with Crippen LogP contribution in [0.4, 0.5) is 5.69 Å². The summed E-state index contributed by atoms with van der Waals surface area (Å²) in [5.41, 5.74) is 13.0. The number of nitrogens with zero attached hydrogens (tertiary/aromatic N) is 1. The molecule has 4 N–H and O–H groups in total. The van der Waals surface area contributed by atoms with E-state index in [0.717, 1.165) is 42.4 Å². The lowest BCUT2D eigenvalue weighted by Crippen LogP contribution is -2.41. The first-order valence-corrected chi connectivity index (χ1v) is 7.93. The van der Waals surface area contributed by atoms with Gasteiger partial charge in [-0.15, -0.1) is 0 Å². The molecule has 5 heteroatoms. The Morgan fingerprint density at radius 1 is 1.35 bits per heavy atom. The number of halogens is 1. The lowest BCUT2D eigenvalue weighted by Gasteiger charge is -2.37. The van der Waals surface area contributed by atoms with Gasteiger partial charge in [0.25, 0.3) is 0 Å². The Bertz CT molecular complexity index is 484. The van der Waals surface area contributed by atoms with Crippen molar-refractivity contribution in [2.75, 3.05) is 11.4 Å². The third-order valence-electron chi connectivity index (χ3n) is 4.07. The standard InChI is InChI=1S/C15H22BrN3O/c1-2-19(11-5-3-10(17)4-6-11)12-7-8-13(15(18)20)14(16)9-12/h7-11H,2-6,17H2,1H3,(H2,18,20). The van der Waals surface area contributed by atoms with Crippen LogP contribution < -0.4 is 16.4 Å². The molecule has 0 atom stereocenters. The Hall–Kier alpha value is -1.07. The third kappa shape index (κ3) is 3.33. The summed E-state index contributed by atoms with van der Waals surface area (Å²) in [4.78, 5) is 13.7. The van der Waals surface area contributed by atoms with Gasteiger partial charge >= 0.3 is 0 Å². The Morgan fingerprint density at radius 3 is 2.50 bits per heavy atom. The van der Waals surface area contributed by atoms with Gasteiger partial charge in [-0.25, -0.2) is 0 Å². The Labute approximate surface area is 128 Å². The Kier molecular flexibility index (Phi) is 5.05. The Balaban J connectivity index is 2.19. The van der Waals surface area contributed by atoms with Crippen molar-refractivity contribution >= 4 is 27.5 Å². The van der Waals surface area contributed by atoms with Crippen LogP contribution in [-0.4, -0.2) is 24.5 Å². The van der Waals surface area contributed by atoms with E-state index in [0.29, 0.717) is 17.6 Å². The first kappa shape index (κ1) is 15.3. The van der Waals surface area contributed by atoms with Gasteiger partial charge in [-0.1, -0.05) is 0 Å². The van der Waals surface area contributed by atoms with E-state index in [2.05, 4.69) is 27.8 Å². The highest BCUT2D eigenvalue weighted by Gasteiger charge is 2.24. The monoisotopic (exact) mass is 339 g/mol. The second-order valence-electron chi connectivity index (χ2n) is 5.38. The number of nitrogens with two attached hydrogens (primary N) is 2. The van der Waals surface area contributed by atoms with Crippen LogP contribution in [0.5, 0.6) is 0 Å². The number of carbonyl (C=O) groups is 1. The molecular formula is C15H22BrN3O. The number of carbonyl (C=O) groups excluding carboxylic acids is 1. The first-order valence-electron chi connectivity index (χ1n) is 7.14. The zero-order valence-corrected chi connectivity index (χ0v) is 13.4. The third-order valence-corrected chi connectivity index (χ3v) is 4.73. The molecule has 0 heterocycles. The van der Waals surface area contributed by atoms with Gasteiger partial charge in [0.1, 0.15) is 0 Å². The number of benzene rings is 1. The molecule has 1 fully saturated rings. The fraction of sp³-hybridized carbons (Fsp3) is 0.533. The van der Waals surface area contributed by atoms with Gasteiger partial charge in [-0.3, -0.25) is 4.79 Å². The minimum absolute atomic E-state index is 0.355. The summed E-state index contributed by atoms with van der Waals surface area (Å²) in [7, 11) is 0. The van der Waals surface area contributed by atoms with Gasteiger partial charge in [-0.05, 0) is 66.7 Å². The van der Waals surface area contributed by atoms with Gasteiger partial charge in [0, 0.05) is 28.8 Å². The highest BCUT2D eigenvalue weighted by Crippen LogP contribution is 2.30. The summed E-state index contributed by atoms with van der Waals surface area (Å²) in [5, 5.41) is 0. The molecule has 110 valence electrons. The van der Waals surface area contributed by atoms with Crippen molar-refractivity contribution in [2.24, 2.45) is 11.5 Å². The summed E-state index contributed by atoms with van der Waals surface area (Å²) >= 11 is 3.43. The minimum atomic E-state index is -0.407. The van der Waals surface area contributed by atoms with Gasteiger partial charge < -0.3 is 16.4 Å². The summed E-state index contributed by atoms with van der Waals surface area (Å²) < 4.78 is 0.758. The van der Waals surface area contributed by atoms with Crippen molar-refractivity contribution in [3.05, 3.63) is 28.2 Å². The zero-order chi connectivity index (χ0) is 14.7. The highest BCUT2D eigenvalue weighted by atomic mass is 79.9. The van der Waals surface area contributed by atoms with E-state index in [1.54, 1.807) is 6.07 Å². The van der Waals surface area contributed by atoms with Crippen LogP contribution in [0.3, 0.4) is 0 Å². The maximum Gasteiger partial charge on any atom is 0.249 e. The SMILES string of the molecule is CCN(c1ccc(C(N)=O)c(Br)c1)C1CCC(N)CC1. The van der Waals surface area contributed by atoms with E-state index in [4.69, 9.17) is 11.5 Å². The number of anilines is 1. The number of primary amides is 1. The molecule has 1 aliphatic rings. The predicted molar refractivity (Wildman–Crippen MR) is 85.9 cm³/mol. The normalized spacial score (nSPS) is 22.6. The quantitative estimate of drug-likeness (QED) is 0.885. The fourth-order valence-electron chi connectivity index (χ4n) is 2.95. The van der Waals surface area contributed by atoms with Crippen molar-refractivity contribution in [2.45, 2.75) is 44.7 Å². The van der Waals surface area contributed by atoms with Crippen LogP contribution in [-0.2, 0) is 0 Å². The van der Waals surface area contributed by atoms with Crippen molar-refractivity contribution in [1.29, 1.82) is 0 Å². The maximum atomic E-state index is 11.3. The molecule has 20 heavy (non-hydrogen) atoms. The molecule has 1 amide bonds. The summed E-state index contributed by atoms with van der Waals surface area (Å²) in [5.74, 6) is -0.407. The summed E-state index contributed by atoms with van der Waals surface area (Å²) in [6, 6.07) is 6.64. The predicted octanol–water partition coefficient (Wildman–Crippen LogP) is 2.64. The molecule has 0 radical (unpaired) electrons. The van der Waals surface area contributed by atoms with E-state index in [1.807, 2.05) is 12.1 Å². The molecule has 0 unspecified atom stereocenters. The first-order chi connectivity index (χ1) is 9.52. The molecule has 1 aliphatic carbocycles. The zero-order valence-electron chi connectivity index (χ0n) is 11.8. The van der Waals surface area contributed by atoms with E-state index in [1.165, 1.54) is 0 Å². The van der Waals surface area contributed by atoms with Crippen molar-refractivity contribution in [3.63, 3.8) is 0 Å². The average Bonchev–Trinajstić information content (AvgIpc) is 2.41. The van der Waals surface area contributed by atoms with Crippen LogP contribution >= 0.6 is 15.9 Å². The lowest BCUT2D eigenvalue weighted by atomic mass is 9.90. The molecule has 4 nitrogen and oxygen atoms in total. The molecule has 0 saturated heterocycles. The maximum absolute atomic E-state index is 11.3. The molecule has 0 aliphatic heterocycles. The number of hydrogen-bond acceptors (Lipinski definition) is 3. The number of rotatable bonds is 4. The molecule has 0 bridgehead atoms. The van der Waals surface area contributed by atoms with Crippen molar-refractivity contribution in [3.8, 4) is 0 Å². The Morgan fingerprint density at radius 2 is 2.00 bits per heavy atom.